The standard InChI is InChI=1S/C16H20F4N2.2ClH/c17-12-4-5-13(14(10-12)16(18,19)20)15(11-2-1-3-11)22-8-6-21-7-9-22;;/h4-5,10-11,15,21H,1-3,6-9H2;2*1H/t15-;;/m0../s1. The van der Waals surface area contributed by atoms with E-state index in [0.29, 0.717) is 6.07 Å². The van der Waals surface area contributed by atoms with Crippen molar-refractivity contribution >= 4 is 24.8 Å². The van der Waals surface area contributed by atoms with Gasteiger partial charge in [-0.25, -0.2) is 4.39 Å². The lowest BCUT2D eigenvalue weighted by Gasteiger charge is -2.44. The summed E-state index contributed by atoms with van der Waals surface area (Å²) >= 11 is 0. The third-order valence-electron chi connectivity index (χ3n) is 4.78. The molecule has 8 heteroatoms. The minimum Gasteiger partial charge on any atom is -0.314 e. The maximum Gasteiger partial charge on any atom is 0.416 e. The molecule has 2 aliphatic rings. The lowest BCUT2D eigenvalue weighted by Crippen LogP contribution is -2.48. The number of hydrogen-bond acceptors (Lipinski definition) is 2. The minimum atomic E-state index is -4.52. The molecule has 138 valence electrons. The summed E-state index contributed by atoms with van der Waals surface area (Å²) in [7, 11) is 0. The molecule has 1 aromatic rings. The molecule has 1 aromatic carbocycles. The Labute approximate surface area is 151 Å². The number of piperazine rings is 1. The molecule has 1 aliphatic carbocycles. The monoisotopic (exact) mass is 388 g/mol. The fourth-order valence-corrected chi connectivity index (χ4v) is 3.50. The molecule has 2 nitrogen and oxygen atoms in total. The summed E-state index contributed by atoms with van der Waals surface area (Å²) in [5.74, 6) is -0.589. The van der Waals surface area contributed by atoms with E-state index in [0.717, 1.165) is 51.5 Å². The molecule has 0 amide bonds. The highest BCUT2D eigenvalue weighted by atomic mass is 35.5. The molecular formula is C16H22Cl2F4N2. The molecule has 0 radical (unpaired) electrons. The molecule has 0 aromatic heterocycles. The second-order valence-electron chi connectivity index (χ2n) is 6.15. The first-order valence-corrected chi connectivity index (χ1v) is 7.78. The zero-order valence-electron chi connectivity index (χ0n) is 13.1. The van der Waals surface area contributed by atoms with Crippen LogP contribution in [0.15, 0.2) is 18.2 Å². The van der Waals surface area contributed by atoms with Gasteiger partial charge >= 0.3 is 6.18 Å². The lowest BCUT2D eigenvalue weighted by molar-refractivity contribution is -0.139. The number of benzene rings is 1. The Bertz CT molecular complexity index is 529. The molecule has 0 unspecified atom stereocenters. The van der Waals surface area contributed by atoms with Crippen molar-refractivity contribution in [3.05, 3.63) is 35.1 Å². The van der Waals surface area contributed by atoms with Gasteiger partial charge in [-0.3, -0.25) is 4.90 Å². The van der Waals surface area contributed by atoms with E-state index in [1.807, 2.05) is 0 Å². The van der Waals surface area contributed by atoms with Gasteiger partial charge in [0.2, 0.25) is 0 Å². The molecule has 1 heterocycles. The lowest BCUT2D eigenvalue weighted by atomic mass is 9.75. The zero-order valence-corrected chi connectivity index (χ0v) is 14.7. The topological polar surface area (TPSA) is 15.3 Å². The van der Waals surface area contributed by atoms with Gasteiger partial charge in [0, 0.05) is 32.2 Å². The third-order valence-corrected chi connectivity index (χ3v) is 4.78. The molecule has 1 aliphatic heterocycles. The zero-order chi connectivity index (χ0) is 15.7. The molecular weight excluding hydrogens is 367 g/mol. The van der Waals surface area contributed by atoms with Gasteiger partial charge in [0.05, 0.1) is 5.56 Å². The highest BCUT2D eigenvalue weighted by Gasteiger charge is 2.41. The second-order valence-corrected chi connectivity index (χ2v) is 6.15. The summed E-state index contributed by atoms with van der Waals surface area (Å²) in [4.78, 5) is 2.13. The van der Waals surface area contributed by atoms with Crippen molar-refractivity contribution < 1.29 is 17.6 Å². The molecule has 1 saturated carbocycles. The van der Waals surface area contributed by atoms with Crippen LogP contribution in [0.25, 0.3) is 0 Å². The SMILES string of the molecule is Cl.Cl.Fc1ccc([C@H](C2CCC2)N2CCNCC2)c(C(F)(F)F)c1. The van der Waals surface area contributed by atoms with Crippen LogP contribution in [-0.2, 0) is 6.18 Å². The maximum absolute atomic E-state index is 13.4. The number of hydrogen-bond donors (Lipinski definition) is 1. The Hall–Kier alpha value is -0.560. The first-order chi connectivity index (χ1) is 10.5. The Balaban J connectivity index is 0.00000144. The largest absolute Gasteiger partial charge is 0.416 e. The summed E-state index contributed by atoms with van der Waals surface area (Å²) in [6, 6.07) is 2.87. The van der Waals surface area contributed by atoms with Crippen molar-refractivity contribution in [1.82, 2.24) is 10.2 Å². The van der Waals surface area contributed by atoms with E-state index in [-0.39, 0.29) is 42.3 Å². The van der Waals surface area contributed by atoms with Crippen LogP contribution in [0.3, 0.4) is 0 Å². The van der Waals surface area contributed by atoms with E-state index in [9.17, 15) is 17.6 Å². The molecule has 0 spiro atoms. The van der Waals surface area contributed by atoms with Crippen LogP contribution >= 0.6 is 24.8 Å². The van der Waals surface area contributed by atoms with E-state index >= 15 is 0 Å². The fourth-order valence-electron chi connectivity index (χ4n) is 3.50. The van der Waals surface area contributed by atoms with E-state index < -0.39 is 17.6 Å². The van der Waals surface area contributed by atoms with Crippen LogP contribution in [0.2, 0.25) is 0 Å². The van der Waals surface area contributed by atoms with Crippen LogP contribution in [0.5, 0.6) is 0 Å². The van der Waals surface area contributed by atoms with Crippen LogP contribution in [0, 0.1) is 11.7 Å². The minimum absolute atomic E-state index is 0. The summed E-state index contributed by atoms with van der Waals surface area (Å²) in [5, 5.41) is 3.23. The summed E-state index contributed by atoms with van der Waals surface area (Å²) in [5.41, 5.74) is -0.580. The van der Waals surface area contributed by atoms with Crippen LogP contribution in [0.1, 0.15) is 36.4 Å². The van der Waals surface area contributed by atoms with Gasteiger partial charge in [0.1, 0.15) is 5.82 Å². The third kappa shape index (κ3) is 4.54. The number of nitrogens with zero attached hydrogens (tertiary/aromatic N) is 1. The number of nitrogens with one attached hydrogen (secondary N) is 1. The first kappa shape index (κ1) is 21.5. The predicted molar refractivity (Wildman–Crippen MR) is 90.4 cm³/mol. The van der Waals surface area contributed by atoms with Crippen LogP contribution in [-0.4, -0.2) is 31.1 Å². The molecule has 1 atom stereocenters. The van der Waals surface area contributed by atoms with Crippen molar-refractivity contribution in [2.24, 2.45) is 5.92 Å². The Kier molecular flexibility index (Phi) is 7.78. The van der Waals surface area contributed by atoms with Crippen molar-refractivity contribution in [1.29, 1.82) is 0 Å². The van der Waals surface area contributed by atoms with Gasteiger partial charge in [-0.15, -0.1) is 24.8 Å². The predicted octanol–water partition coefficient (Wildman–Crippen LogP) is 4.43. The van der Waals surface area contributed by atoms with Crippen molar-refractivity contribution in [3.8, 4) is 0 Å². The maximum atomic E-state index is 13.4. The molecule has 3 rings (SSSR count). The Morgan fingerprint density at radius 3 is 2.21 bits per heavy atom. The molecule has 2 fully saturated rings. The van der Waals surface area contributed by atoms with Gasteiger partial charge in [-0.2, -0.15) is 13.2 Å². The quantitative estimate of drug-likeness (QED) is 0.770. The average Bonchev–Trinajstić information content (AvgIpc) is 2.43. The normalized spacial score (nSPS) is 20.5. The van der Waals surface area contributed by atoms with Crippen molar-refractivity contribution in [2.75, 3.05) is 26.2 Å². The molecule has 1 saturated heterocycles. The van der Waals surface area contributed by atoms with Crippen LogP contribution < -0.4 is 5.32 Å². The first-order valence-electron chi connectivity index (χ1n) is 7.78. The highest BCUT2D eigenvalue weighted by molar-refractivity contribution is 5.85. The van der Waals surface area contributed by atoms with Crippen molar-refractivity contribution in [3.63, 3.8) is 0 Å². The van der Waals surface area contributed by atoms with Gasteiger partial charge in [-0.1, -0.05) is 12.5 Å². The van der Waals surface area contributed by atoms with Gasteiger partial charge in [0.25, 0.3) is 0 Å². The summed E-state index contributed by atoms with van der Waals surface area (Å²) in [6.07, 6.45) is -1.56. The smallest absolute Gasteiger partial charge is 0.314 e. The highest BCUT2D eigenvalue weighted by Crippen LogP contribution is 2.45. The Morgan fingerprint density at radius 1 is 1.08 bits per heavy atom. The summed E-state index contributed by atoms with van der Waals surface area (Å²) < 4.78 is 53.4. The number of halogens is 6. The van der Waals surface area contributed by atoms with E-state index in [1.54, 1.807) is 0 Å². The van der Waals surface area contributed by atoms with E-state index in [4.69, 9.17) is 0 Å². The fraction of sp³-hybridized carbons (Fsp3) is 0.625. The number of rotatable bonds is 3. The van der Waals surface area contributed by atoms with E-state index in [1.165, 1.54) is 6.07 Å². The Morgan fingerprint density at radius 2 is 1.71 bits per heavy atom. The van der Waals surface area contributed by atoms with Gasteiger partial charge in [0.15, 0.2) is 0 Å². The van der Waals surface area contributed by atoms with Gasteiger partial charge < -0.3 is 5.32 Å². The summed E-state index contributed by atoms with van der Waals surface area (Å²) in [6.45, 7) is 3.03. The number of alkyl halides is 3. The molecule has 1 N–H and O–H groups in total. The van der Waals surface area contributed by atoms with E-state index in [2.05, 4.69) is 10.2 Å². The van der Waals surface area contributed by atoms with Gasteiger partial charge in [-0.05, 0) is 36.5 Å². The second kappa shape index (κ2) is 8.70. The molecule has 24 heavy (non-hydrogen) atoms. The van der Waals surface area contributed by atoms with Crippen LogP contribution in [0.4, 0.5) is 17.6 Å². The average molecular weight is 389 g/mol. The molecule has 0 bridgehead atoms. The van der Waals surface area contributed by atoms with Crippen molar-refractivity contribution in [2.45, 2.75) is 31.5 Å².